The molecule has 4 nitrogen and oxygen atoms in total. The monoisotopic (exact) mass is 293 g/mol. The Balaban J connectivity index is 2.26. The first-order valence-corrected chi connectivity index (χ1v) is 8.03. The minimum Gasteiger partial charge on any atom is -0.397 e. The fourth-order valence-electron chi connectivity index (χ4n) is 2.60. The van der Waals surface area contributed by atoms with E-state index in [2.05, 4.69) is 24.1 Å². The third-order valence-electron chi connectivity index (χ3n) is 3.39. The van der Waals surface area contributed by atoms with Gasteiger partial charge in [-0.25, -0.2) is 0 Å². The molecule has 3 N–H and O–H groups in total. The van der Waals surface area contributed by atoms with Crippen molar-refractivity contribution in [3.8, 4) is 0 Å². The van der Waals surface area contributed by atoms with Crippen LogP contribution < -0.4 is 16.0 Å². The number of rotatable bonds is 3. The Morgan fingerprint density at radius 3 is 2.65 bits per heavy atom. The Morgan fingerprint density at radius 2 is 2.05 bits per heavy atom. The first kappa shape index (κ1) is 15.0. The number of hydrogen-bond acceptors (Lipinski definition) is 4. The molecule has 5 heteroatoms. The number of benzene rings is 1. The molecule has 1 aromatic carbocycles. The molecule has 1 aliphatic rings. The van der Waals surface area contributed by atoms with E-state index >= 15 is 0 Å². The average Bonchev–Trinajstić information content (AvgIpc) is 2.38. The Bertz CT molecular complexity index is 482. The summed E-state index contributed by atoms with van der Waals surface area (Å²) in [5.41, 5.74) is 8.50. The Hall–Kier alpha value is -1.36. The van der Waals surface area contributed by atoms with Gasteiger partial charge in [0.1, 0.15) is 0 Å². The largest absolute Gasteiger partial charge is 0.397 e. The van der Waals surface area contributed by atoms with E-state index in [1.807, 2.05) is 30.8 Å². The van der Waals surface area contributed by atoms with Gasteiger partial charge < -0.3 is 16.0 Å². The maximum Gasteiger partial charge on any atom is 0.251 e. The number of nitrogens with one attached hydrogen (secondary N) is 1. The first-order chi connectivity index (χ1) is 9.51. The summed E-state index contributed by atoms with van der Waals surface area (Å²) in [6, 6.07) is 5.53. The van der Waals surface area contributed by atoms with Crippen LogP contribution in [0.15, 0.2) is 18.2 Å². The van der Waals surface area contributed by atoms with Crippen LogP contribution in [-0.4, -0.2) is 36.0 Å². The van der Waals surface area contributed by atoms with E-state index in [9.17, 15) is 4.79 Å². The lowest BCUT2D eigenvalue weighted by atomic mass is 10.1. The van der Waals surface area contributed by atoms with Crippen LogP contribution in [0.5, 0.6) is 0 Å². The molecule has 2 rings (SSSR count). The Labute approximate surface area is 125 Å². The van der Waals surface area contributed by atoms with Gasteiger partial charge in [0.05, 0.1) is 11.4 Å². The molecule has 1 aliphatic heterocycles. The second-order valence-electron chi connectivity index (χ2n) is 5.30. The van der Waals surface area contributed by atoms with Crippen LogP contribution in [0.1, 0.15) is 31.1 Å². The molecule has 110 valence electrons. The highest BCUT2D eigenvalue weighted by molar-refractivity contribution is 8.00. The molecule has 2 unspecified atom stereocenters. The van der Waals surface area contributed by atoms with Gasteiger partial charge >= 0.3 is 0 Å². The number of nitrogens with two attached hydrogens (primary N) is 1. The zero-order valence-electron chi connectivity index (χ0n) is 12.3. The van der Waals surface area contributed by atoms with Crippen molar-refractivity contribution >= 4 is 29.0 Å². The second-order valence-corrected chi connectivity index (χ2v) is 7.18. The van der Waals surface area contributed by atoms with E-state index < -0.39 is 0 Å². The lowest BCUT2D eigenvalue weighted by molar-refractivity contribution is 0.0956. The third-order valence-corrected chi connectivity index (χ3v) is 4.62. The molecule has 0 radical (unpaired) electrons. The number of thioether (sulfide) groups is 1. The molecule has 1 fully saturated rings. The van der Waals surface area contributed by atoms with Crippen molar-refractivity contribution in [3.63, 3.8) is 0 Å². The molecule has 2 atom stereocenters. The number of carbonyl (C=O) groups is 1. The van der Waals surface area contributed by atoms with Crippen LogP contribution in [0.2, 0.25) is 0 Å². The van der Waals surface area contributed by atoms with E-state index in [1.54, 1.807) is 6.07 Å². The lowest BCUT2D eigenvalue weighted by Crippen LogP contribution is -2.40. The fraction of sp³-hybridized carbons (Fsp3) is 0.533. The van der Waals surface area contributed by atoms with Gasteiger partial charge in [0.15, 0.2) is 0 Å². The normalized spacial score (nSPS) is 22.6. The summed E-state index contributed by atoms with van der Waals surface area (Å²) in [5, 5.41) is 3.98. The quantitative estimate of drug-likeness (QED) is 0.840. The fourth-order valence-corrected chi connectivity index (χ4v) is 3.92. The molecular weight excluding hydrogens is 270 g/mol. The summed E-state index contributed by atoms with van der Waals surface area (Å²) in [4.78, 5) is 14.2. The molecule has 1 amide bonds. The van der Waals surface area contributed by atoms with Gasteiger partial charge in [0.25, 0.3) is 5.91 Å². The van der Waals surface area contributed by atoms with Crippen molar-refractivity contribution in [1.82, 2.24) is 5.32 Å². The summed E-state index contributed by atoms with van der Waals surface area (Å²) in [5.74, 6) is -0.0405. The molecule has 0 aromatic heterocycles. The van der Waals surface area contributed by atoms with Crippen LogP contribution in [0.25, 0.3) is 0 Å². The van der Waals surface area contributed by atoms with Crippen molar-refractivity contribution < 1.29 is 4.79 Å². The zero-order chi connectivity index (χ0) is 14.7. The van der Waals surface area contributed by atoms with Crippen molar-refractivity contribution in [2.75, 3.05) is 30.3 Å². The summed E-state index contributed by atoms with van der Waals surface area (Å²) >= 11 is 2.00. The number of anilines is 2. The smallest absolute Gasteiger partial charge is 0.251 e. The molecule has 1 aromatic rings. The number of nitrogen functional groups attached to an aromatic ring is 1. The van der Waals surface area contributed by atoms with Gasteiger partial charge in [-0.3, -0.25) is 4.79 Å². The van der Waals surface area contributed by atoms with Crippen LogP contribution >= 0.6 is 11.8 Å². The van der Waals surface area contributed by atoms with E-state index in [0.717, 1.165) is 24.5 Å². The highest BCUT2D eigenvalue weighted by Crippen LogP contribution is 2.32. The molecule has 0 bridgehead atoms. The summed E-state index contributed by atoms with van der Waals surface area (Å²) in [7, 11) is 0. The minimum atomic E-state index is -0.0405. The van der Waals surface area contributed by atoms with Gasteiger partial charge in [-0.15, -0.1) is 0 Å². The molecule has 0 spiro atoms. The van der Waals surface area contributed by atoms with E-state index in [1.165, 1.54) is 0 Å². The molecular formula is C15H23N3OS. The summed E-state index contributed by atoms with van der Waals surface area (Å²) < 4.78 is 0. The lowest BCUT2D eigenvalue weighted by Gasteiger charge is -2.37. The van der Waals surface area contributed by atoms with Crippen LogP contribution in [0, 0.1) is 0 Å². The first-order valence-electron chi connectivity index (χ1n) is 7.09. The topological polar surface area (TPSA) is 58.4 Å². The number of nitrogens with zero attached hydrogens (tertiary/aromatic N) is 1. The van der Waals surface area contributed by atoms with Gasteiger partial charge in [-0.2, -0.15) is 11.8 Å². The van der Waals surface area contributed by atoms with Crippen molar-refractivity contribution in [3.05, 3.63) is 23.8 Å². The standard InChI is InChI=1S/C15H23N3OS/c1-4-17-15(19)12-5-6-13(16)14(7-12)18-8-10(2)20-11(3)9-18/h5-7,10-11H,4,8-9,16H2,1-3H3,(H,17,19). The number of hydrogen-bond donors (Lipinski definition) is 2. The second kappa shape index (κ2) is 6.39. The van der Waals surface area contributed by atoms with E-state index in [-0.39, 0.29) is 5.91 Å². The van der Waals surface area contributed by atoms with Crippen molar-refractivity contribution in [2.24, 2.45) is 0 Å². The van der Waals surface area contributed by atoms with Crippen LogP contribution in [0.4, 0.5) is 11.4 Å². The zero-order valence-corrected chi connectivity index (χ0v) is 13.2. The number of carbonyl (C=O) groups excluding carboxylic acids is 1. The summed E-state index contributed by atoms with van der Waals surface area (Å²) in [6.45, 7) is 8.96. The maximum atomic E-state index is 11.9. The van der Waals surface area contributed by atoms with Gasteiger partial charge in [0, 0.05) is 35.7 Å². The van der Waals surface area contributed by atoms with E-state index in [0.29, 0.717) is 22.6 Å². The maximum absolute atomic E-state index is 11.9. The predicted molar refractivity (Wildman–Crippen MR) is 87.6 cm³/mol. The van der Waals surface area contributed by atoms with Gasteiger partial charge in [0.2, 0.25) is 0 Å². The highest BCUT2D eigenvalue weighted by Gasteiger charge is 2.24. The SMILES string of the molecule is CCNC(=O)c1ccc(N)c(N2CC(C)SC(C)C2)c1. The molecule has 0 aliphatic carbocycles. The number of amides is 1. The van der Waals surface area contributed by atoms with Gasteiger partial charge in [-0.05, 0) is 25.1 Å². The molecule has 1 saturated heterocycles. The summed E-state index contributed by atoms with van der Waals surface area (Å²) in [6.07, 6.45) is 0. The van der Waals surface area contributed by atoms with Crippen LogP contribution in [0.3, 0.4) is 0 Å². The van der Waals surface area contributed by atoms with Crippen molar-refractivity contribution in [2.45, 2.75) is 31.3 Å². The van der Waals surface area contributed by atoms with E-state index in [4.69, 9.17) is 5.73 Å². The van der Waals surface area contributed by atoms with Crippen LogP contribution in [-0.2, 0) is 0 Å². The molecule has 20 heavy (non-hydrogen) atoms. The predicted octanol–water partition coefficient (Wildman–Crippen LogP) is 2.35. The van der Waals surface area contributed by atoms with Crippen molar-refractivity contribution in [1.29, 1.82) is 0 Å². The highest BCUT2D eigenvalue weighted by atomic mass is 32.2. The molecule has 0 saturated carbocycles. The molecule has 1 heterocycles. The Kier molecular flexibility index (Phi) is 4.81. The minimum absolute atomic E-state index is 0.0405. The third kappa shape index (κ3) is 3.39. The van der Waals surface area contributed by atoms with Gasteiger partial charge in [-0.1, -0.05) is 13.8 Å². The average molecular weight is 293 g/mol. The Morgan fingerprint density at radius 1 is 1.40 bits per heavy atom.